The molecule has 1 unspecified atom stereocenters. The van der Waals surface area contributed by atoms with Crippen molar-refractivity contribution in [1.29, 1.82) is 0 Å². The van der Waals surface area contributed by atoms with Gasteiger partial charge >= 0.3 is 5.97 Å². The molecule has 19 heavy (non-hydrogen) atoms. The lowest BCUT2D eigenvalue weighted by Gasteiger charge is -2.09. The van der Waals surface area contributed by atoms with E-state index >= 15 is 0 Å². The maximum atomic E-state index is 12.0. The van der Waals surface area contributed by atoms with E-state index in [0.29, 0.717) is 0 Å². The summed E-state index contributed by atoms with van der Waals surface area (Å²) in [4.78, 5) is 10.8. The molecule has 1 aromatic rings. The Balaban J connectivity index is 2.71. The Kier molecular flexibility index (Phi) is 5.51. The Hall–Kier alpha value is -0.920. The Morgan fingerprint density at radius 1 is 1.47 bits per heavy atom. The lowest BCUT2D eigenvalue weighted by Crippen LogP contribution is -2.27. The van der Waals surface area contributed by atoms with Crippen molar-refractivity contribution in [1.82, 2.24) is 4.72 Å². The van der Waals surface area contributed by atoms with Crippen LogP contribution in [0.1, 0.15) is 18.9 Å². The fraction of sp³-hybridized carbons (Fsp3) is 0.417. The van der Waals surface area contributed by atoms with Crippen molar-refractivity contribution in [3.05, 3.63) is 28.2 Å². The summed E-state index contributed by atoms with van der Waals surface area (Å²) >= 11 is 3.30. The van der Waals surface area contributed by atoms with Gasteiger partial charge in [0.1, 0.15) is 0 Å². The molecule has 0 saturated heterocycles. The van der Waals surface area contributed by atoms with Gasteiger partial charge in [-0.3, -0.25) is 4.79 Å². The molecule has 0 fully saturated rings. The molecule has 0 aliphatic carbocycles. The van der Waals surface area contributed by atoms with Crippen molar-refractivity contribution in [3.63, 3.8) is 0 Å². The Bertz CT molecular complexity index is 571. The zero-order valence-corrected chi connectivity index (χ0v) is 13.1. The van der Waals surface area contributed by atoms with E-state index < -0.39 is 21.9 Å². The van der Waals surface area contributed by atoms with E-state index in [1.807, 2.05) is 0 Å². The second-order valence-corrected chi connectivity index (χ2v) is 6.96. The summed E-state index contributed by atoms with van der Waals surface area (Å²) in [5, 5.41) is 8.71. The second kappa shape index (κ2) is 6.49. The highest BCUT2D eigenvalue weighted by Gasteiger charge is 2.16. The van der Waals surface area contributed by atoms with Crippen LogP contribution in [-0.4, -0.2) is 26.0 Å². The number of carboxylic acid groups (broad SMARTS) is 1. The average molecular weight is 350 g/mol. The van der Waals surface area contributed by atoms with Crippen LogP contribution in [0.5, 0.6) is 0 Å². The van der Waals surface area contributed by atoms with Gasteiger partial charge in [0.05, 0.1) is 10.8 Å². The average Bonchev–Trinajstić information content (AvgIpc) is 2.32. The predicted molar refractivity (Wildman–Crippen MR) is 75.5 cm³/mol. The van der Waals surface area contributed by atoms with Crippen LogP contribution < -0.4 is 4.72 Å². The standard InChI is InChI=1S/C12H16BrNO4S/c1-8(12(15)16)5-6-14-19(17,18)10-3-4-11(13)9(2)7-10/h3-4,7-8,14H,5-6H2,1-2H3,(H,15,16). The topological polar surface area (TPSA) is 83.5 Å². The summed E-state index contributed by atoms with van der Waals surface area (Å²) in [6.45, 7) is 3.45. The summed E-state index contributed by atoms with van der Waals surface area (Å²) < 4.78 is 27.2. The predicted octanol–water partition coefficient (Wildman–Crippen LogP) is 2.15. The number of halogens is 1. The van der Waals surface area contributed by atoms with Crippen LogP contribution in [-0.2, 0) is 14.8 Å². The quantitative estimate of drug-likeness (QED) is 0.824. The van der Waals surface area contributed by atoms with Gasteiger partial charge < -0.3 is 5.11 Å². The number of carbonyl (C=O) groups is 1. The van der Waals surface area contributed by atoms with Gasteiger partial charge in [0.2, 0.25) is 10.0 Å². The first-order valence-corrected chi connectivity index (χ1v) is 8.00. The molecule has 0 bridgehead atoms. The van der Waals surface area contributed by atoms with Gasteiger partial charge in [0.15, 0.2) is 0 Å². The molecule has 0 amide bonds. The molecule has 7 heteroatoms. The van der Waals surface area contributed by atoms with E-state index in [0.717, 1.165) is 10.0 Å². The van der Waals surface area contributed by atoms with E-state index in [-0.39, 0.29) is 17.9 Å². The first kappa shape index (κ1) is 16.1. The molecule has 2 N–H and O–H groups in total. The van der Waals surface area contributed by atoms with Crippen LogP contribution >= 0.6 is 15.9 Å². The fourth-order valence-corrected chi connectivity index (χ4v) is 2.78. The van der Waals surface area contributed by atoms with Crippen LogP contribution in [0.25, 0.3) is 0 Å². The molecule has 0 heterocycles. The van der Waals surface area contributed by atoms with Gasteiger partial charge in [0, 0.05) is 11.0 Å². The molecule has 0 aliphatic rings. The zero-order chi connectivity index (χ0) is 14.6. The molecule has 5 nitrogen and oxygen atoms in total. The van der Waals surface area contributed by atoms with Crippen molar-refractivity contribution >= 4 is 31.9 Å². The number of sulfonamides is 1. The van der Waals surface area contributed by atoms with Crippen molar-refractivity contribution in [2.75, 3.05) is 6.54 Å². The Morgan fingerprint density at radius 2 is 2.11 bits per heavy atom. The van der Waals surface area contributed by atoms with Crippen LogP contribution in [0.4, 0.5) is 0 Å². The van der Waals surface area contributed by atoms with Crippen molar-refractivity contribution in [3.8, 4) is 0 Å². The van der Waals surface area contributed by atoms with Crippen LogP contribution in [0, 0.1) is 12.8 Å². The maximum absolute atomic E-state index is 12.0. The number of nitrogens with one attached hydrogen (secondary N) is 1. The van der Waals surface area contributed by atoms with Gasteiger partial charge in [0.25, 0.3) is 0 Å². The number of hydrogen-bond donors (Lipinski definition) is 2. The van der Waals surface area contributed by atoms with Crippen molar-refractivity contribution in [2.24, 2.45) is 5.92 Å². The molecule has 1 rings (SSSR count). The Morgan fingerprint density at radius 3 is 2.63 bits per heavy atom. The van der Waals surface area contributed by atoms with Crippen molar-refractivity contribution in [2.45, 2.75) is 25.2 Å². The molecule has 1 atom stereocenters. The molecule has 1 aromatic carbocycles. The maximum Gasteiger partial charge on any atom is 0.306 e. The largest absolute Gasteiger partial charge is 0.481 e. The number of carboxylic acids is 1. The van der Waals surface area contributed by atoms with Gasteiger partial charge in [-0.1, -0.05) is 22.9 Å². The first-order valence-electron chi connectivity index (χ1n) is 5.72. The van der Waals surface area contributed by atoms with Gasteiger partial charge in [-0.15, -0.1) is 0 Å². The number of rotatable bonds is 6. The highest BCUT2D eigenvalue weighted by Crippen LogP contribution is 2.19. The van der Waals surface area contributed by atoms with E-state index in [1.165, 1.54) is 6.07 Å². The number of benzene rings is 1. The normalized spacial score (nSPS) is 13.2. The minimum atomic E-state index is -3.58. The number of aryl methyl sites for hydroxylation is 1. The summed E-state index contributed by atoms with van der Waals surface area (Å²) in [5.41, 5.74) is 0.821. The zero-order valence-electron chi connectivity index (χ0n) is 10.7. The first-order chi connectivity index (χ1) is 8.74. The van der Waals surface area contributed by atoms with Gasteiger partial charge in [-0.05, 0) is 37.1 Å². The highest BCUT2D eigenvalue weighted by atomic mass is 79.9. The SMILES string of the molecule is Cc1cc(S(=O)(=O)NCCC(C)C(=O)O)ccc1Br. The molecule has 0 radical (unpaired) electrons. The molecular weight excluding hydrogens is 334 g/mol. The molecule has 0 aliphatic heterocycles. The summed E-state index contributed by atoms with van der Waals surface area (Å²) in [6, 6.07) is 4.73. The summed E-state index contributed by atoms with van der Waals surface area (Å²) in [7, 11) is -3.58. The van der Waals surface area contributed by atoms with Gasteiger partial charge in [-0.25, -0.2) is 13.1 Å². The minimum Gasteiger partial charge on any atom is -0.481 e. The molecule has 0 saturated carbocycles. The third kappa shape index (κ3) is 4.59. The highest BCUT2D eigenvalue weighted by molar-refractivity contribution is 9.10. The minimum absolute atomic E-state index is 0.102. The number of hydrogen-bond acceptors (Lipinski definition) is 3. The molecule has 0 spiro atoms. The van der Waals surface area contributed by atoms with Crippen LogP contribution in [0.3, 0.4) is 0 Å². The summed E-state index contributed by atoms with van der Waals surface area (Å²) in [5.74, 6) is -1.51. The van der Waals surface area contributed by atoms with E-state index in [4.69, 9.17) is 5.11 Å². The monoisotopic (exact) mass is 349 g/mol. The smallest absolute Gasteiger partial charge is 0.306 e. The fourth-order valence-electron chi connectivity index (χ4n) is 1.40. The molecular formula is C12H16BrNO4S. The number of aliphatic carboxylic acids is 1. The third-order valence-electron chi connectivity index (χ3n) is 2.73. The molecule has 106 valence electrons. The van der Waals surface area contributed by atoms with Gasteiger partial charge in [-0.2, -0.15) is 0 Å². The lowest BCUT2D eigenvalue weighted by molar-refractivity contribution is -0.141. The molecule has 0 aromatic heterocycles. The van der Waals surface area contributed by atoms with Crippen LogP contribution in [0.15, 0.2) is 27.6 Å². The Labute approximate surface area is 121 Å². The van der Waals surface area contributed by atoms with E-state index in [1.54, 1.807) is 26.0 Å². The van der Waals surface area contributed by atoms with Crippen LogP contribution in [0.2, 0.25) is 0 Å². The summed E-state index contributed by atoms with van der Waals surface area (Å²) in [6.07, 6.45) is 0.254. The lowest BCUT2D eigenvalue weighted by atomic mass is 10.1. The van der Waals surface area contributed by atoms with Crippen molar-refractivity contribution < 1.29 is 18.3 Å². The third-order valence-corrected chi connectivity index (χ3v) is 5.08. The second-order valence-electron chi connectivity index (χ2n) is 4.34. The van der Waals surface area contributed by atoms with E-state index in [2.05, 4.69) is 20.7 Å². The van der Waals surface area contributed by atoms with E-state index in [9.17, 15) is 13.2 Å².